The van der Waals surface area contributed by atoms with Gasteiger partial charge in [0.25, 0.3) is 0 Å². The number of carbonyl (C=O) groups excluding carboxylic acids is 1. The number of nitrogens with zero attached hydrogens (tertiary/aromatic N) is 3. The zero-order valence-electron chi connectivity index (χ0n) is 15.5. The van der Waals surface area contributed by atoms with Crippen LogP contribution in [0.15, 0.2) is 70.8 Å². The average Bonchev–Trinajstić information content (AvgIpc) is 3.38. The van der Waals surface area contributed by atoms with Gasteiger partial charge in [0.2, 0.25) is 5.91 Å². The average molecular weight is 469 g/mol. The predicted octanol–water partition coefficient (Wildman–Crippen LogP) is 4.95. The van der Waals surface area contributed by atoms with Gasteiger partial charge in [-0.3, -0.25) is 4.79 Å². The van der Waals surface area contributed by atoms with Crippen LogP contribution in [-0.2, 0) is 11.2 Å². The van der Waals surface area contributed by atoms with Crippen LogP contribution < -0.4 is 10.1 Å². The molecule has 146 valence electrons. The van der Waals surface area contributed by atoms with E-state index in [1.165, 1.54) is 11.3 Å². The first-order chi connectivity index (χ1) is 14.1. The van der Waals surface area contributed by atoms with Crippen molar-refractivity contribution >= 4 is 38.3 Å². The number of halogens is 1. The molecule has 2 heterocycles. The summed E-state index contributed by atoms with van der Waals surface area (Å²) in [6.45, 7) is 0. The van der Waals surface area contributed by atoms with E-state index in [0.29, 0.717) is 5.13 Å². The molecule has 6 nitrogen and oxygen atoms in total. The Labute approximate surface area is 180 Å². The van der Waals surface area contributed by atoms with Gasteiger partial charge in [0, 0.05) is 17.1 Å². The summed E-state index contributed by atoms with van der Waals surface area (Å²) >= 11 is 4.87. The van der Waals surface area contributed by atoms with Crippen molar-refractivity contribution in [3.63, 3.8) is 0 Å². The van der Waals surface area contributed by atoms with Crippen molar-refractivity contribution in [2.24, 2.45) is 0 Å². The van der Waals surface area contributed by atoms with Crippen molar-refractivity contribution < 1.29 is 9.53 Å². The monoisotopic (exact) mass is 468 g/mol. The molecule has 0 bridgehead atoms. The van der Waals surface area contributed by atoms with E-state index in [0.717, 1.165) is 32.7 Å². The van der Waals surface area contributed by atoms with E-state index in [-0.39, 0.29) is 12.3 Å². The summed E-state index contributed by atoms with van der Waals surface area (Å²) in [5.74, 6) is 0.628. The molecular formula is C21H17BrN4O2S. The molecule has 0 aliphatic rings. The van der Waals surface area contributed by atoms with Crippen LogP contribution in [-0.4, -0.2) is 27.8 Å². The molecule has 1 N–H and O–H groups in total. The van der Waals surface area contributed by atoms with Crippen molar-refractivity contribution in [2.45, 2.75) is 6.42 Å². The third-order valence-corrected chi connectivity index (χ3v) is 5.60. The second-order valence-electron chi connectivity index (χ2n) is 6.24. The number of rotatable bonds is 6. The number of aromatic nitrogens is 3. The van der Waals surface area contributed by atoms with Crippen LogP contribution in [0.3, 0.4) is 0 Å². The molecule has 2 aromatic carbocycles. The van der Waals surface area contributed by atoms with Crippen LogP contribution in [0, 0.1) is 0 Å². The number of ether oxygens (including phenoxy) is 1. The van der Waals surface area contributed by atoms with E-state index in [1.54, 1.807) is 18.0 Å². The molecule has 0 saturated carbocycles. The van der Waals surface area contributed by atoms with Crippen LogP contribution >= 0.6 is 27.3 Å². The molecule has 8 heteroatoms. The van der Waals surface area contributed by atoms with E-state index in [1.807, 2.05) is 60.1 Å². The number of amides is 1. The second-order valence-corrected chi connectivity index (χ2v) is 7.95. The van der Waals surface area contributed by atoms with Crippen molar-refractivity contribution in [1.82, 2.24) is 14.8 Å². The Morgan fingerprint density at radius 3 is 2.83 bits per heavy atom. The molecule has 0 atom stereocenters. The zero-order valence-corrected chi connectivity index (χ0v) is 17.9. The highest BCUT2D eigenvalue weighted by atomic mass is 79.9. The van der Waals surface area contributed by atoms with E-state index < -0.39 is 0 Å². The van der Waals surface area contributed by atoms with Crippen LogP contribution in [0.4, 0.5) is 5.13 Å². The van der Waals surface area contributed by atoms with E-state index in [9.17, 15) is 4.79 Å². The Morgan fingerprint density at radius 1 is 1.24 bits per heavy atom. The summed E-state index contributed by atoms with van der Waals surface area (Å²) < 4.78 is 7.86. The highest BCUT2D eigenvalue weighted by Crippen LogP contribution is 2.32. The van der Waals surface area contributed by atoms with Gasteiger partial charge in [-0.1, -0.05) is 18.2 Å². The number of methoxy groups -OCH3 is 1. The number of hydrogen-bond donors (Lipinski definition) is 1. The first-order valence-corrected chi connectivity index (χ1v) is 10.5. The van der Waals surface area contributed by atoms with Gasteiger partial charge in [-0.15, -0.1) is 11.3 Å². The van der Waals surface area contributed by atoms with Crippen molar-refractivity contribution in [3.8, 4) is 22.7 Å². The highest BCUT2D eigenvalue weighted by molar-refractivity contribution is 9.10. The van der Waals surface area contributed by atoms with E-state index in [4.69, 9.17) is 4.74 Å². The summed E-state index contributed by atoms with van der Waals surface area (Å²) in [7, 11) is 1.62. The Kier molecular flexibility index (Phi) is 5.73. The van der Waals surface area contributed by atoms with Gasteiger partial charge in [-0.2, -0.15) is 5.10 Å². The number of hydrogen-bond acceptors (Lipinski definition) is 5. The number of benzene rings is 2. The molecule has 1 amide bonds. The summed E-state index contributed by atoms with van der Waals surface area (Å²) in [6.07, 6.45) is 3.79. The lowest BCUT2D eigenvalue weighted by Crippen LogP contribution is -2.13. The van der Waals surface area contributed by atoms with Crippen LogP contribution in [0.1, 0.15) is 5.56 Å². The number of para-hydroxylation sites is 1. The van der Waals surface area contributed by atoms with Gasteiger partial charge in [0.05, 0.1) is 35.6 Å². The molecule has 29 heavy (non-hydrogen) atoms. The minimum Gasteiger partial charge on any atom is -0.496 e. The SMILES string of the molecule is COc1ccc(-c2csc(NC(=O)Cc3cnn(-c4ccccc4)c3)n2)cc1Br. The van der Waals surface area contributed by atoms with Crippen LogP contribution in [0.5, 0.6) is 5.75 Å². The zero-order chi connectivity index (χ0) is 20.2. The molecule has 0 fully saturated rings. The maximum atomic E-state index is 12.4. The normalized spacial score (nSPS) is 10.7. The highest BCUT2D eigenvalue weighted by Gasteiger charge is 2.11. The lowest BCUT2D eigenvalue weighted by molar-refractivity contribution is -0.115. The number of carbonyl (C=O) groups is 1. The fourth-order valence-electron chi connectivity index (χ4n) is 2.81. The second kappa shape index (κ2) is 8.59. The third kappa shape index (κ3) is 4.55. The summed E-state index contributed by atoms with van der Waals surface area (Å²) in [5, 5.41) is 9.66. The quantitative estimate of drug-likeness (QED) is 0.434. The molecule has 0 aliphatic heterocycles. The fraction of sp³-hybridized carbons (Fsp3) is 0.0952. The Hall–Kier alpha value is -2.97. The van der Waals surface area contributed by atoms with Gasteiger partial charge < -0.3 is 10.1 Å². The molecule has 0 saturated heterocycles. The minimum atomic E-state index is -0.130. The smallest absolute Gasteiger partial charge is 0.230 e. The predicted molar refractivity (Wildman–Crippen MR) is 118 cm³/mol. The summed E-state index contributed by atoms with van der Waals surface area (Å²) in [4.78, 5) is 16.9. The molecule has 4 aromatic rings. The first-order valence-electron chi connectivity index (χ1n) is 8.80. The van der Waals surface area contributed by atoms with E-state index >= 15 is 0 Å². The first kappa shape index (κ1) is 19.4. The van der Waals surface area contributed by atoms with Gasteiger partial charge in [-0.05, 0) is 51.8 Å². The fourth-order valence-corrected chi connectivity index (χ4v) is 4.09. The Balaban J connectivity index is 1.41. The maximum Gasteiger partial charge on any atom is 0.230 e. The number of thiazole rings is 1. The largest absolute Gasteiger partial charge is 0.496 e. The maximum absolute atomic E-state index is 12.4. The van der Waals surface area contributed by atoms with Gasteiger partial charge >= 0.3 is 0 Å². The van der Waals surface area contributed by atoms with Crippen LogP contribution in [0.25, 0.3) is 16.9 Å². The minimum absolute atomic E-state index is 0.130. The number of nitrogens with one attached hydrogen (secondary N) is 1. The lowest BCUT2D eigenvalue weighted by atomic mass is 10.2. The van der Waals surface area contributed by atoms with E-state index in [2.05, 4.69) is 31.3 Å². The van der Waals surface area contributed by atoms with Gasteiger partial charge in [0.1, 0.15) is 5.75 Å². The standard InChI is InChI=1S/C21H17BrN4O2S/c1-28-19-8-7-15(10-17(19)22)18-13-29-21(24-18)25-20(27)9-14-11-23-26(12-14)16-5-3-2-4-6-16/h2-8,10-13H,9H2,1H3,(H,24,25,27). The molecule has 4 rings (SSSR count). The van der Waals surface area contributed by atoms with Gasteiger partial charge in [0.15, 0.2) is 5.13 Å². The Morgan fingerprint density at radius 2 is 2.07 bits per heavy atom. The molecular weight excluding hydrogens is 452 g/mol. The van der Waals surface area contributed by atoms with Crippen LogP contribution in [0.2, 0.25) is 0 Å². The molecule has 0 radical (unpaired) electrons. The summed E-state index contributed by atoms with van der Waals surface area (Å²) in [6, 6.07) is 15.5. The topological polar surface area (TPSA) is 69.0 Å². The lowest BCUT2D eigenvalue weighted by Gasteiger charge is -2.04. The van der Waals surface area contributed by atoms with Gasteiger partial charge in [-0.25, -0.2) is 9.67 Å². The van der Waals surface area contributed by atoms with Crippen molar-refractivity contribution in [1.29, 1.82) is 0 Å². The molecule has 0 spiro atoms. The molecule has 2 aromatic heterocycles. The van der Waals surface area contributed by atoms with Crippen molar-refractivity contribution in [3.05, 3.63) is 76.3 Å². The summed E-state index contributed by atoms with van der Waals surface area (Å²) in [5.41, 5.74) is 3.53. The van der Waals surface area contributed by atoms with Crippen molar-refractivity contribution in [2.75, 3.05) is 12.4 Å². The number of anilines is 1. The molecule has 0 unspecified atom stereocenters. The third-order valence-electron chi connectivity index (χ3n) is 4.22. The Bertz CT molecular complexity index is 1140. The molecule has 0 aliphatic carbocycles.